The molecule has 1 aromatic carbocycles. The van der Waals surface area contributed by atoms with Crippen molar-refractivity contribution in [3.63, 3.8) is 0 Å². The number of hydrogen-bond donors (Lipinski definition) is 2. The van der Waals surface area contributed by atoms with Crippen molar-refractivity contribution in [1.82, 2.24) is 10.2 Å². The first-order valence-electron chi connectivity index (χ1n) is 4.83. The summed E-state index contributed by atoms with van der Waals surface area (Å²) in [6, 6.07) is 6.74. The van der Waals surface area contributed by atoms with Crippen LogP contribution in [0.2, 0.25) is 0 Å². The van der Waals surface area contributed by atoms with Gasteiger partial charge in [-0.05, 0) is 28.1 Å². The van der Waals surface area contributed by atoms with Crippen molar-refractivity contribution in [2.75, 3.05) is 0 Å². The van der Waals surface area contributed by atoms with E-state index in [0.717, 1.165) is 6.20 Å². The minimum absolute atomic E-state index is 0.196. The van der Waals surface area contributed by atoms with E-state index in [9.17, 15) is 9.59 Å². The molecule has 0 fully saturated rings. The number of para-hydroxylation sites is 1. The SMILES string of the molecule is O=C(O)c1cn[nH]c1C(=O)Oc1ccccc1Br. The standard InChI is InChI=1S/C11H7BrN2O4/c12-7-3-1-2-4-8(7)18-11(17)9-6(10(15)16)5-13-14-9/h1-5H,(H,13,14)(H,15,16). The number of ether oxygens (including phenoxy) is 1. The van der Waals surface area contributed by atoms with Crippen LogP contribution in [0.4, 0.5) is 0 Å². The monoisotopic (exact) mass is 310 g/mol. The molecule has 92 valence electrons. The Labute approximate surface area is 110 Å². The number of benzene rings is 1. The molecule has 0 atom stereocenters. The third-order valence-electron chi connectivity index (χ3n) is 2.11. The molecule has 2 aromatic rings. The second-order valence-electron chi connectivity index (χ2n) is 3.28. The predicted octanol–water partition coefficient (Wildman–Crippen LogP) is 2.09. The van der Waals surface area contributed by atoms with Crippen LogP contribution in [0.1, 0.15) is 20.8 Å². The van der Waals surface area contributed by atoms with E-state index in [1.807, 2.05) is 0 Å². The molecule has 0 unspecified atom stereocenters. The van der Waals surface area contributed by atoms with Crippen molar-refractivity contribution in [1.29, 1.82) is 0 Å². The number of carboxylic acid groups (broad SMARTS) is 1. The lowest BCUT2D eigenvalue weighted by molar-refractivity contribution is 0.0665. The van der Waals surface area contributed by atoms with Gasteiger partial charge in [0.15, 0.2) is 5.69 Å². The number of aromatic carboxylic acids is 1. The number of aromatic amines is 1. The molecule has 0 aliphatic rings. The van der Waals surface area contributed by atoms with Crippen LogP contribution in [-0.4, -0.2) is 27.2 Å². The number of nitrogens with zero attached hydrogens (tertiary/aromatic N) is 1. The lowest BCUT2D eigenvalue weighted by Gasteiger charge is -2.04. The Morgan fingerprint density at radius 2 is 2.06 bits per heavy atom. The zero-order valence-electron chi connectivity index (χ0n) is 8.88. The van der Waals surface area contributed by atoms with Crippen LogP contribution < -0.4 is 4.74 Å². The van der Waals surface area contributed by atoms with E-state index in [4.69, 9.17) is 9.84 Å². The smallest absolute Gasteiger partial charge is 0.362 e. The van der Waals surface area contributed by atoms with Crippen LogP contribution >= 0.6 is 15.9 Å². The van der Waals surface area contributed by atoms with E-state index in [-0.39, 0.29) is 11.3 Å². The van der Waals surface area contributed by atoms with Crippen LogP contribution in [0.25, 0.3) is 0 Å². The molecule has 0 bridgehead atoms. The van der Waals surface area contributed by atoms with Crippen molar-refractivity contribution < 1.29 is 19.4 Å². The third-order valence-corrected chi connectivity index (χ3v) is 2.77. The first-order valence-corrected chi connectivity index (χ1v) is 5.62. The highest BCUT2D eigenvalue weighted by Crippen LogP contribution is 2.24. The first kappa shape index (κ1) is 12.3. The maximum atomic E-state index is 11.8. The highest BCUT2D eigenvalue weighted by atomic mass is 79.9. The van der Waals surface area contributed by atoms with Crippen molar-refractivity contribution in [3.05, 3.63) is 46.2 Å². The Hall–Kier alpha value is -2.15. The summed E-state index contributed by atoms with van der Waals surface area (Å²) in [5.74, 6) is -1.76. The summed E-state index contributed by atoms with van der Waals surface area (Å²) in [6.45, 7) is 0. The molecule has 0 saturated heterocycles. The van der Waals surface area contributed by atoms with Gasteiger partial charge < -0.3 is 9.84 Å². The molecule has 0 aliphatic heterocycles. The molecule has 0 saturated carbocycles. The second-order valence-corrected chi connectivity index (χ2v) is 4.14. The number of H-pyrrole nitrogens is 1. The van der Waals surface area contributed by atoms with Gasteiger partial charge in [0, 0.05) is 0 Å². The minimum Gasteiger partial charge on any atom is -0.478 e. The number of esters is 1. The van der Waals surface area contributed by atoms with Crippen molar-refractivity contribution >= 4 is 27.9 Å². The van der Waals surface area contributed by atoms with Gasteiger partial charge in [-0.25, -0.2) is 9.59 Å². The highest BCUT2D eigenvalue weighted by Gasteiger charge is 2.21. The van der Waals surface area contributed by atoms with Gasteiger partial charge in [0.2, 0.25) is 0 Å². The molecule has 7 heteroatoms. The molecule has 18 heavy (non-hydrogen) atoms. The fourth-order valence-corrected chi connectivity index (χ4v) is 1.65. The Balaban J connectivity index is 2.25. The van der Waals surface area contributed by atoms with Gasteiger partial charge in [0.1, 0.15) is 11.3 Å². The van der Waals surface area contributed by atoms with Crippen LogP contribution in [0.15, 0.2) is 34.9 Å². The van der Waals surface area contributed by atoms with E-state index in [0.29, 0.717) is 10.2 Å². The van der Waals surface area contributed by atoms with Crippen LogP contribution in [0, 0.1) is 0 Å². The number of nitrogens with one attached hydrogen (secondary N) is 1. The van der Waals surface area contributed by atoms with Gasteiger partial charge in [-0.2, -0.15) is 5.10 Å². The summed E-state index contributed by atoms with van der Waals surface area (Å²) in [4.78, 5) is 22.6. The normalized spacial score (nSPS) is 10.1. The molecular weight excluding hydrogens is 304 g/mol. The largest absolute Gasteiger partial charge is 0.478 e. The average molecular weight is 311 g/mol. The van der Waals surface area contributed by atoms with E-state index < -0.39 is 11.9 Å². The maximum absolute atomic E-state index is 11.8. The number of aromatic nitrogens is 2. The van der Waals surface area contributed by atoms with Crippen LogP contribution in [0.3, 0.4) is 0 Å². The molecule has 1 heterocycles. The zero-order chi connectivity index (χ0) is 13.1. The lowest BCUT2D eigenvalue weighted by Crippen LogP contribution is -2.13. The summed E-state index contributed by atoms with van der Waals surface area (Å²) in [5, 5.41) is 14.7. The molecule has 0 radical (unpaired) electrons. The van der Waals surface area contributed by atoms with Crippen molar-refractivity contribution in [2.24, 2.45) is 0 Å². The zero-order valence-corrected chi connectivity index (χ0v) is 10.5. The Kier molecular flexibility index (Phi) is 3.42. The fourth-order valence-electron chi connectivity index (χ4n) is 1.28. The van der Waals surface area contributed by atoms with Gasteiger partial charge in [-0.3, -0.25) is 5.10 Å². The van der Waals surface area contributed by atoms with E-state index in [2.05, 4.69) is 26.1 Å². The van der Waals surface area contributed by atoms with Gasteiger partial charge in [0.05, 0.1) is 10.7 Å². The number of halogens is 1. The van der Waals surface area contributed by atoms with Crippen LogP contribution in [-0.2, 0) is 0 Å². The number of carbonyl (C=O) groups excluding carboxylic acids is 1. The van der Waals surface area contributed by atoms with E-state index >= 15 is 0 Å². The van der Waals surface area contributed by atoms with Crippen LogP contribution in [0.5, 0.6) is 5.75 Å². The van der Waals surface area contributed by atoms with Crippen molar-refractivity contribution in [3.8, 4) is 5.75 Å². The molecule has 2 rings (SSSR count). The molecule has 6 nitrogen and oxygen atoms in total. The van der Waals surface area contributed by atoms with Gasteiger partial charge in [-0.1, -0.05) is 12.1 Å². The summed E-state index contributed by atoms with van der Waals surface area (Å²) in [5.41, 5.74) is -0.426. The fraction of sp³-hybridized carbons (Fsp3) is 0. The topological polar surface area (TPSA) is 92.3 Å². The second kappa shape index (κ2) is 5.01. The summed E-state index contributed by atoms with van der Waals surface area (Å²) < 4.78 is 5.65. The third kappa shape index (κ3) is 2.40. The molecule has 0 amide bonds. The first-order chi connectivity index (χ1) is 8.59. The van der Waals surface area contributed by atoms with Gasteiger partial charge >= 0.3 is 11.9 Å². The number of carboxylic acids is 1. The number of hydrogen-bond acceptors (Lipinski definition) is 4. The molecule has 0 aliphatic carbocycles. The van der Waals surface area contributed by atoms with Crippen molar-refractivity contribution in [2.45, 2.75) is 0 Å². The van der Waals surface area contributed by atoms with Gasteiger partial charge in [0.25, 0.3) is 0 Å². The summed E-state index contributed by atoms with van der Waals surface area (Å²) in [7, 11) is 0. The minimum atomic E-state index is -1.25. The quantitative estimate of drug-likeness (QED) is 0.669. The lowest BCUT2D eigenvalue weighted by atomic mass is 10.2. The average Bonchev–Trinajstić information content (AvgIpc) is 2.81. The predicted molar refractivity (Wildman–Crippen MR) is 64.6 cm³/mol. The summed E-state index contributed by atoms with van der Waals surface area (Å²) in [6.07, 6.45) is 1.05. The Morgan fingerprint density at radius 3 is 2.72 bits per heavy atom. The molecular formula is C11H7BrN2O4. The number of rotatable bonds is 3. The summed E-state index contributed by atoms with van der Waals surface area (Å²) >= 11 is 3.22. The molecule has 1 aromatic heterocycles. The Morgan fingerprint density at radius 1 is 1.33 bits per heavy atom. The number of carbonyl (C=O) groups is 2. The van der Waals surface area contributed by atoms with E-state index in [1.165, 1.54) is 0 Å². The van der Waals surface area contributed by atoms with Gasteiger partial charge in [-0.15, -0.1) is 0 Å². The van der Waals surface area contributed by atoms with E-state index in [1.54, 1.807) is 24.3 Å². The molecule has 0 spiro atoms. The highest BCUT2D eigenvalue weighted by molar-refractivity contribution is 9.10. The maximum Gasteiger partial charge on any atom is 0.362 e. The molecule has 2 N–H and O–H groups in total. The Bertz CT molecular complexity index is 609.